The average Bonchev–Trinajstić information content (AvgIpc) is 0.849. The van der Waals surface area contributed by atoms with Crippen LogP contribution in [-0.2, 0) is 59.6 Å². The van der Waals surface area contributed by atoms with Gasteiger partial charge in [-0.2, -0.15) is 0 Å². The van der Waals surface area contributed by atoms with Gasteiger partial charge in [-0.1, -0.05) is 67.0 Å². The fraction of sp³-hybridized carbons (Fsp3) is 0.426. The molecule has 11 bridgehead atoms. The summed E-state index contributed by atoms with van der Waals surface area (Å²) in [6, 6.07) is -0.489. The number of carbonyl (C=O) groups is 8. The number of carboxylic acid groups (broad SMARTS) is 1. The summed E-state index contributed by atoms with van der Waals surface area (Å²) < 4.78 is 40.7. The van der Waals surface area contributed by atoms with E-state index in [1.807, 2.05) is 13.8 Å². The highest BCUT2D eigenvalue weighted by Gasteiger charge is 2.52. The van der Waals surface area contributed by atoms with E-state index in [0.717, 1.165) is 78.5 Å². The zero-order chi connectivity index (χ0) is 77.5. The summed E-state index contributed by atoms with van der Waals surface area (Å²) in [7, 11) is 3.02. The van der Waals surface area contributed by atoms with Gasteiger partial charge in [0.15, 0.2) is 29.9 Å². The Morgan fingerprint density at radius 1 is 0.757 bits per heavy atom. The predicted octanol–water partition coefficient (Wildman–Crippen LogP) is 0.430. The number of phenolic OH excluding ortho intramolecular Hbond substituents is 3. The van der Waals surface area contributed by atoms with Crippen LogP contribution in [0.15, 0.2) is 84.0 Å². The van der Waals surface area contributed by atoms with Gasteiger partial charge in [-0.05, 0) is 121 Å². The molecule has 8 heterocycles. The molecule has 0 aliphatic carbocycles. The summed E-state index contributed by atoms with van der Waals surface area (Å²) in [6.45, 7) is 6.68. The zero-order valence-corrected chi connectivity index (χ0v) is 59.9. The van der Waals surface area contributed by atoms with E-state index in [0.29, 0.717) is 0 Å². The van der Waals surface area contributed by atoms with Gasteiger partial charge >= 0.3 is 5.97 Å². The molecule has 2 fully saturated rings. The third-order valence-corrected chi connectivity index (χ3v) is 20.2. The molecule has 39 heteroatoms. The van der Waals surface area contributed by atoms with Crippen molar-refractivity contribution < 1.29 is 113 Å². The van der Waals surface area contributed by atoms with Gasteiger partial charge in [0.05, 0.1) is 40.8 Å². The van der Waals surface area contributed by atoms with E-state index in [2.05, 4.69) is 52.7 Å². The second kappa shape index (κ2) is 32.0. The molecule has 6 aromatic rings. The number of nitrogens with zero attached hydrogens (tertiary/aromatic N) is 4. The van der Waals surface area contributed by atoms with E-state index in [-0.39, 0.29) is 62.9 Å². The molecule has 7 aliphatic heterocycles. The van der Waals surface area contributed by atoms with Crippen LogP contribution in [0.5, 0.6) is 46.0 Å². The minimum atomic E-state index is -2.35. The Morgan fingerprint density at radius 2 is 1.38 bits per heavy atom. The normalized spacial score (nSPS) is 28.5. The number of primary amides is 1. The van der Waals surface area contributed by atoms with Gasteiger partial charge in [-0.3, -0.25) is 33.6 Å². The number of aromatic nitrogens is 4. The molecule has 2 saturated heterocycles. The molecule has 7 aliphatic rings. The van der Waals surface area contributed by atoms with Crippen molar-refractivity contribution in [3.05, 3.63) is 117 Å². The predicted molar refractivity (Wildman–Crippen MR) is 372 cm³/mol. The van der Waals surface area contributed by atoms with E-state index >= 15 is 14.4 Å². The third kappa shape index (κ3) is 16.9. The van der Waals surface area contributed by atoms with E-state index in [4.69, 9.17) is 63.1 Å². The molecule has 13 rings (SSSR count). The second-order valence-corrected chi connectivity index (χ2v) is 28.7. The van der Waals surface area contributed by atoms with E-state index in [9.17, 15) is 69.9 Å². The largest absolute Gasteiger partial charge is 0.508 e. The quantitative estimate of drug-likeness (QED) is 0.0620. The van der Waals surface area contributed by atoms with Crippen molar-refractivity contribution in [3.8, 4) is 57.1 Å². The van der Waals surface area contributed by atoms with Crippen LogP contribution < -0.4 is 62.9 Å². The number of aryl methyl sites for hydroxylation is 1. The molecule has 11 unspecified atom stereocenters. The number of thioether (sulfide) groups is 1. The maximum atomic E-state index is 16.2. The van der Waals surface area contributed by atoms with Crippen LogP contribution in [0.3, 0.4) is 0 Å². The summed E-state index contributed by atoms with van der Waals surface area (Å²) in [4.78, 5) is 118. The third-order valence-electron chi connectivity index (χ3n) is 18.6. The SMILES string of the molecule is CN[C@@H](CC(C)C)C(=O)N[C@H]1C(=O)N[C@@H](CC(N)=O)C(=O)NC2C(=O)NC3C(=O)N[C@H](C(=O)N[C@@H](C(=O)O)c4cc(O)cc(O)c4-c4cc3ccc4O)[C@H](O)c3ccc(c(Cl)c3)Oc3cc2cc(c3OC2OC(CSc3nnnn3C)C(O)C(O)C2OC2CC(C)(N)C(O)C(C)O2)Oc2ccc(cc2Cl)[C@H]1O. The average molecular weight is 1550 g/mol. The highest BCUT2D eigenvalue weighted by Crippen LogP contribution is 2.50. The summed E-state index contributed by atoms with van der Waals surface area (Å²) in [6.07, 6.45) is -18.1. The number of hydrogen-bond donors (Lipinski definition) is 18. The van der Waals surface area contributed by atoms with Crippen LogP contribution in [-0.4, -0.2) is 205 Å². The number of amides is 7. The first-order chi connectivity index (χ1) is 50.6. The molecular formula is C68H77Cl2N13O23S. The number of fused-ring (bicyclic) bond motifs is 15. The van der Waals surface area contributed by atoms with Crippen LogP contribution >= 0.6 is 35.0 Å². The number of aliphatic hydroxyl groups is 5. The number of aliphatic carboxylic acids is 1. The van der Waals surface area contributed by atoms with Gasteiger partial charge in [-0.15, -0.1) is 5.10 Å². The highest BCUT2D eigenvalue weighted by molar-refractivity contribution is 7.99. The maximum Gasteiger partial charge on any atom is 0.330 e. The van der Waals surface area contributed by atoms with Crippen molar-refractivity contribution in [2.75, 3.05) is 12.8 Å². The monoisotopic (exact) mass is 1550 g/mol. The number of rotatable bonds is 15. The van der Waals surface area contributed by atoms with Gasteiger partial charge < -0.3 is 123 Å². The van der Waals surface area contributed by atoms with Gasteiger partial charge in [-0.25, -0.2) is 9.48 Å². The minimum Gasteiger partial charge on any atom is -0.508 e. The van der Waals surface area contributed by atoms with E-state index in [1.54, 1.807) is 0 Å². The van der Waals surface area contributed by atoms with Crippen molar-refractivity contribution in [2.24, 2.45) is 24.4 Å². The van der Waals surface area contributed by atoms with Crippen LogP contribution in [0, 0.1) is 5.92 Å². The number of tetrazole rings is 1. The number of ether oxygens (including phenoxy) is 6. The lowest BCUT2D eigenvalue weighted by Crippen LogP contribution is -2.64. The molecule has 0 saturated carbocycles. The van der Waals surface area contributed by atoms with Gasteiger partial charge in [0.2, 0.25) is 58.5 Å². The summed E-state index contributed by atoms with van der Waals surface area (Å²) in [5.74, 6) is -16.1. The van der Waals surface area contributed by atoms with Crippen molar-refractivity contribution in [3.63, 3.8) is 0 Å². The fourth-order valence-electron chi connectivity index (χ4n) is 13.0. The molecule has 18 atom stereocenters. The van der Waals surface area contributed by atoms with E-state index in [1.165, 1.54) is 44.8 Å². The molecule has 5 aromatic carbocycles. The molecule has 0 spiro atoms. The van der Waals surface area contributed by atoms with Crippen LogP contribution in [0.4, 0.5) is 0 Å². The Bertz CT molecular complexity index is 4460. The van der Waals surface area contributed by atoms with Crippen LogP contribution in [0.25, 0.3) is 11.1 Å². The summed E-state index contributed by atoms with van der Waals surface area (Å²) in [5, 5.41) is 133. The number of likely N-dealkylation sites (N-methyl/N-ethyl adjacent to an activating group) is 1. The number of halogens is 2. The van der Waals surface area contributed by atoms with Crippen molar-refractivity contribution in [2.45, 2.75) is 161 Å². The number of carboxylic acids is 1. The minimum absolute atomic E-state index is 0.100. The number of nitrogens with one attached hydrogen (secondary N) is 7. The van der Waals surface area contributed by atoms with E-state index < -0.39 is 225 Å². The standard InChI is InChI=1S/C68H77Cl2N13O23S/c1-24(2)13-35(73-5)59(93)78-50-52(88)27-8-11-39(33(69)15-27)102-41-17-29-18-42(56(41)106-66-57(105-45-22-68(4,72)58(92)25(3)101-45)55(91)54(90)43(104-66)23-107-67-80-81-82-83(67)6)103-40-12-9-28(16-34(40)70)53(89)51-64(98)77-49(65(99)100)32-19-30(84)20-38(86)46(32)31-14-26(7-10-37(31)85)47(61(95)79-51)76-62(96)48(29)75-60(94)36(21-44(71)87)74-63(50)97/h7-12,14-20,24-25,35-36,43,45,47-55,57-58,66,73,84-86,88-92H,13,21-23,72H2,1-6H3,(H2,71,87)(H,74,97)(H,75,94)(H,76,96)(H,77,98)(H,78,93)(H,79,95)(H,99,100)/t25?,35-,36-,43?,45?,47?,48?,49+,50+,51-,52+,53+,54?,55?,57?,58?,66?,68?/m0/s1. The van der Waals surface area contributed by atoms with Crippen molar-refractivity contribution in [1.29, 1.82) is 0 Å². The Morgan fingerprint density at radius 3 is 1.98 bits per heavy atom. The molecule has 572 valence electrons. The number of aromatic hydroxyl groups is 3. The lowest BCUT2D eigenvalue weighted by molar-refractivity contribution is -0.329. The highest BCUT2D eigenvalue weighted by atomic mass is 35.5. The fourth-order valence-corrected chi connectivity index (χ4v) is 14.3. The first kappa shape index (κ1) is 78.3. The number of hydrogen-bond acceptors (Lipinski definition) is 28. The van der Waals surface area contributed by atoms with Crippen LogP contribution in [0.1, 0.15) is 105 Å². The lowest BCUT2D eigenvalue weighted by atomic mass is 9.86. The number of benzene rings is 5. The Balaban J connectivity index is 1.16. The lowest BCUT2D eigenvalue weighted by Gasteiger charge is -2.47. The molecule has 107 heavy (non-hydrogen) atoms. The molecular weight excluding hydrogens is 1470 g/mol. The van der Waals surface area contributed by atoms with Gasteiger partial charge in [0.25, 0.3) is 0 Å². The molecule has 0 radical (unpaired) electrons. The van der Waals surface area contributed by atoms with Crippen LogP contribution in [0.2, 0.25) is 10.0 Å². The van der Waals surface area contributed by atoms with Gasteiger partial charge in [0, 0.05) is 47.5 Å². The molecule has 20 N–H and O–H groups in total. The van der Waals surface area contributed by atoms with Gasteiger partial charge in [0.1, 0.15) is 83.4 Å². The smallest absolute Gasteiger partial charge is 0.330 e. The number of carbonyl (C=O) groups excluding carboxylic acids is 7. The molecule has 1 aromatic heterocycles. The Hall–Kier alpha value is -9.74. The molecule has 36 nitrogen and oxygen atoms in total. The van der Waals surface area contributed by atoms with Crippen molar-refractivity contribution in [1.82, 2.24) is 57.4 Å². The second-order valence-electron chi connectivity index (χ2n) is 26.9. The Kier molecular flexibility index (Phi) is 23.4. The zero-order valence-electron chi connectivity index (χ0n) is 57.6. The maximum absolute atomic E-state index is 16.2. The first-order valence-electron chi connectivity index (χ1n) is 33.3. The molecule has 7 amide bonds. The summed E-state index contributed by atoms with van der Waals surface area (Å²) in [5.41, 5.74) is 8.16. The first-order valence-corrected chi connectivity index (χ1v) is 35.0. The number of phenols is 3. The number of nitrogens with two attached hydrogens (primary N) is 2. The summed E-state index contributed by atoms with van der Waals surface area (Å²) >= 11 is 15.2. The number of aliphatic hydroxyl groups excluding tert-OH is 5. The topological polar surface area (TPSA) is 554 Å². The Labute approximate surface area is 622 Å². The van der Waals surface area contributed by atoms with Crippen molar-refractivity contribution >= 4 is 82.3 Å².